The van der Waals surface area contributed by atoms with Gasteiger partial charge in [-0.3, -0.25) is 4.79 Å². The van der Waals surface area contributed by atoms with Crippen molar-refractivity contribution in [1.29, 1.82) is 0 Å². The van der Waals surface area contributed by atoms with Crippen molar-refractivity contribution in [2.45, 2.75) is 13.3 Å². The van der Waals surface area contributed by atoms with Gasteiger partial charge in [-0.25, -0.2) is 4.98 Å². The summed E-state index contributed by atoms with van der Waals surface area (Å²) in [4.78, 5) is 16.2. The van der Waals surface area contributed by atoms with Crippen LogP contribution in [0.4, 0.5) is 5.69 Å². The zero-order valence-electron chi connectivity index (χ0n) is 11.1. The average Bonchev–Trinajstić information content (AvgIpc) is 2.91. The van der Waals surface area contributed by atoms with Crippen molar-refractivity contribution >= 4 is 22.9 Å². The summed E-state index contributed by atoms with van der Waals surface area (Å²) in [5.74, 6) is -0.0321. The molecule has 0 atom stereocenters. The highest BCUT2D eigenvalue weighted by Gasteiger charge is 2.08. The summed E-state index contributed by atoms with van der Waals surface area (Å²) >= 11 is 1.57. The van der Waals surface area contributed by atoms with Gasteiger partial charge in [-0.1, -0.05) is 0 Å². The van der Waals surface area contributed by atoms with Crippen LogP contribution in [0.3, 0.4) is 0 Å². The Balaban J connectivity index is 1.92. The molecule has 1 aromatic carbocycles. The number of amides is 1. The summed E-state index contributed by atoms with van der Waals surface area (Å²) < 4.78 is 0. The molecule has 0 spiro atoms. The molecule has 1 aromatic heterocycles. The highest BCUT2D eigenvalue weighted by atomic mass is 32.1. The highest BCUT2D eigenvalue weighted by molar-refractivity contribution is 7.07. The van der Waals surface area contributed by atoms with Gasteiger partial charge in [-0.2, -0.15) is 0 Å². The Morgan fingerprint density at radius 2 is 2.26 bits per heavy atom. The number of hydrogen-bond donors (Lipinski definition) is 2. The molecule has 2 N–H and O–H groups in total. The molecule has 0 bridgehead atoms. The molecule has 0 unspecified atom stereocenters. The zero-order chi connectivity index (χ0) is 13.7. The van der Waals surface area contributed by atoms with Crippen LogP contribution >= 0.6 is 11.3 Å². The van der Waals surface area contributed by atoms with Crippen LogP contribution in [0.25, 0.3) is 0 Å². The van der Waals surface area contributed by atoms with E-state index in [-0.39, 0.29) is 5.91 Å². The minimum atomic E-state index is -0.0321. The second-order valence-electron chi connectivity index (χ2n) is 4.27. The van der Waals surface area contributed by atoms with E-state index in [0.29, 0.717) is 6.54 Å². The fourth-order valence-electron chi connectivity index (χ4n) is 1.83. The molecule has 1 heterocycles. The molecule has 100 valence electrons. The summed E-state index contributed by atoms with van der Waals surface area (Å²) in [6.07, 6.45) is 0.767. The van der Waals surface area contributed by atoms with E-state index in [1.54, 1.807) is 16.8 Å². The molecule has 0 aliphatic heterocycles. The fourth-order valence-corrected chi connectivity index (χ4v) is 2.43. The molecule has 2 rings (SSSR count). The van der Waals surface area contributed by atoms with E-state index in [4.69, 9.17) is 0 Å². The molecule has 4 nitrogen and oxygen atoms in total. The van der Waals surface area contributed by atoms with Crippen LogP contribution < -0.4 is 10.6 Å². The number of benzene rings is 1. The van der Waals surface area contributed by atoms with E-state index in [1.165, 1.54) is 0 Å². The van der Waals surface area contributed by atoms with Crippen LogP contribution in [-0.2, 0) is 6.42 Å². The number of aryl methyl sites for hydroxylation is 1. The number of aromatic nitrogens is 1. The molecule has 19 heavy (non-hydrogen) atoms. The predicted molar refractivity (Wildman–Crippen MR) is 78.9 cm³/mol. The van der Waals surface area contributed by atoms with E-state index in [1.807, 2.05) is 37.6 Å². The Labute approximate surface area is 116 Å². The van der Waals surface area contributed by atoms with Gasteiger partial charge in [0.05, 0.1) is 11.2 Å². The maximum Gasteiger partial charge on any atom is 0.251 e. The van der Waals surface area contributed by atoms with Gasteiger partial charge in [-0.05, 0) is 30.7 Å². The Hall–Kier alpha value is -1.88. The predicted octanol–water partition coefficient (Wildman–Crippen LogP) is 2.47. The van der Waals surface area contributed by atoms with E-state index < -0.39 is 0 Å². The zero-order valence-corrected chi connectivity index (χ0v) is 11.9. The van der Waals surface area contributed by atoms with Crippen LogP contribution in [0.15, 0.2) is 29.1 Å². The minimum absolute atomic E-state index is 0.0321. The summed E-state index contributed by atoms with van der Waals surface area (Å²) in [7, 11) is 1.86. The maximum atomic E-state index is 12.0. The molecule has 2 aromatic rings. The fraction of sp³-hybridized carbons (Fsp3) is 0.286. The van der Waals surface area contributed by atoms with Crippen LogP contribution in [0.5, 0.6) is 0 Å². The summed E-state index contributed by atoms with van der Waals surface area (Å²) in [5.41, 5.74) is 5.52. The molecule has 0 aliphatic carbocycles. The van der Waals surface area contributed by atoms with E-state index >= 15 is 0 Å². The molecule has 0 saturated heterocycles. The van der Waals surface area contributed by atoms with Gasteiger partial charge in [0.15, 0.2) is 0 Å². The third kappa shape index (κ3) is 3.54. The second-order valence-corrected chi connectivity index (χ2v) is 4.98. The Morgan fingerprint density at radius 3 is 2.89 bits per heavy atom. The van der Waals surface area contributed by atoms with Crippen molar-refractivity contribution in [1.82, 2.24) is 10.3 Å². The van der Waals surface area contributed by atoms with Gasteiger partial charge in [0.25, 0.3) is 5.91 Å². The number of thiazole rings is 1. The standard InChI is InChI=1S/C14H17N3OS/c1-10-7-11(15-2)3-4-13(10)14(18)16-6-5-12-8-19-9-17-12/h3-4,7-9,15H,5-6H2,1-2H3,(H,16,18). The normalized spacial score (nSPS) is 10.2. The van der Waals surface area contributed by atoms with E-state index in [2.05, 4.69) is 15.6 Å². The quantitative estimate of drug-likeness (QED) is 0.881. The van der Waals surface area contributed by atoms with Gasteiger partial charge in [0.2, 0.25) is 0 Å². The molecular weight excluding hydrogens is 258 g/mol. The van der Waals surface area contributed by atoms with Gasteiger partial charge >= 0.3 is 0 Å². The van der Waals surface area contributed by atoms with Gasteiger partial charge in [0.1, 0.15) is 0 Å². The van der Waals surface area contributed by atoms with Crippen molar-refractivity contribution in [2.75, 3.05) is 18.9 Å². The van der Waals surface area contributed by atoms with Gasteiger partial charge < -0.3 is 10.6 Å². The minimum Gasteiger partial charge on any atom is -0.388 e. The van der Waals surface area contributed by atoms with Gasteiger partial charge in [-0.15, -0.1) is 11.3 Å². The topological polar surface area (TPSA) is 54.0 Å². The van der Waals surface area contributed by atoms with Crippen LogP contribution in [-0.4, -0.2) is 24.5 Å². The number of nitrogens with zero attached hydrogens (tertiary/aromatic N) is 1. The van der Waals surface area contributed by atoms with E-state index in [9.17, 15) is 4.79 Å². The molecular formula is C14H17N3OS. The lowest BCUT2D eigenvalue weighted by atomic mass is 10.1. The van der Waals surface area contributed by atoms with Crippen LogP contribution in [0.2, 0.25) is 0 Å². The number of nitrogens with one attached hydrogen (secondary N) is 2. The highest BCUT2D eigenvalue weighted by Crippen LogP contribution is 2.14. The van der Waals surface area contributed by atoms with Crippen molar-refractivity contribution < 1.29 is 4.79 Å². The average molecular weight is 275 g/mol. The lowest BCUT2D eigenvalue weighted by Crippen LogP contribution is -2.26. The van der Waals surface area contributed by atoms with Crippen molar-refractivity contribution in [2.24, 2.45) is 0 Å². The molecule has 0 radical (unpaired) electrons. The molecule has 1 amide bonds. The molecule has 5 heteroatoms. The second kappa shape index (κ2) is 6.33. The number of rotatable bonds is 5. The summed E-state index contributed by atoms with van der Waals surface area (Å²) in [5, 5.41) is 7.98. The van der Waals surface area contributed by atoms with Crippen LogP contribution in [0.1, 0.15) is 21.6 Å². The molecule has 0 fully saturated rings. The third-order valence-corrected chi connectivity index (χ3v) is 3.55. The first-order chi connectivity index (χ1) is 9.20. The first kappa shape index (κ1) is 13.5. The monoisotopic (exact) mass is 275 g/mol. The largest absolute Gasteiger partial charge is 0.388 e. The lowest BCUT2D eigenvalue weighted by Gasteiger charge is -2.09. The van der Waals surface area contributed by atoms with Crippen molar-refractivity contribution in [3.05, 3.63) is 45.9 Å². The number of hydrogen-bond acceptors (Lipinski definition) is 4. The first-order valence-electron chi connectivity index (χ1n) is 6.14. The SMILES string of the molecule is CNc1ccc(C(=O)NCCc2cscn2)c(C)c1. The lowest BCUT2D eigenvalue weighted by molar-refractivity contribution is 0.0953. The third-order valence-electron chi connectivity index (χ3n) is 2.91. The summed E-state index contributed by atoms with van der Waals surface area (Å²) in [6, 6.07) is 5.72. The maximum absolute atomic E-state index is 12.0. The number of carbonyl (C=O) groups is 1. The smallest absolute Gasteiger partial charge is 0.251 e. The Morgan fingerprint density at radius 1 is 1.42 bits per heavy atom. The Kier molecular flexibility index (Phi) is 4.52. The first-order valence-corrected chi connectivity index (χ1v) is 7.08. The van der Waals surface area contributed by atoms with E-state index in [0.717, 1.165) is 28.9 Å². The van der Waals surface area contributed by atoms with Crippen LogP contribution in [0, 0.1) is 6.92 Å². The van der Waals surface area contributed by atoms with Crippen molar-refractivity contribution in [3.63, 3.8) is 0 Å². The van der Waals surface area contributed by atoms with Crippen molar-refractivity contribution in [3.8, 4) is 0 Å². The van der Waals surface area contributed by atoms with Gasteiger partial charge in [0, 0.05) is 36.6 Å². The molecule has 0 aliphatic rings. The molecule has 0 saturated carbocycles. The number of anilines is 1. The number of carbonyl (C=O) groups excluding carboxylic acids is 1. The Bertz CT molecular complexity index is 552. The summed E-state index contributed by atoms with van der Waals surface area (Å²) in [6.45, 7) is 2.55.